The molecule has 21 heavy (non-hydrogen) atoms. The van der Waals surface area contributed by atoms with Crippen molar-refractivity contribution in [1.29, 1.82) is 0 Å². The van der Waals surface area contributed by atoms with Gasteiger partial charge in [-0.3, -0.25) is 4.79 Å². The first kappa shape index (κ1) is 13.6. The highest BCUT2D eigenvalue weighted by atomic mass is 32.2. The molecule has 4 fully saturated rings. The van der Waals surface area contributed by atoms with Crippen LogP contribution in [0, 0.1) is 17.8 Å². The molecule has 0 N–H and O–H groups in total. The van der Waals surface area contributed by atoms with E-state index in [-0.39, 0.29) is 17.1 Å². The van der Waals surface area contributed by atoms with Crippen LogP contribution in [0.5, 0.6) is 0 Å². The lowest BCUT2D eigenvalue weighted by Gasteiger charge is -2.55. The molecule has 0 unspecified atom stereocenters. The number of methoxy groups -OCH3 is 1. The van der Waals surface area contributed by atoms with Crippen LogP contribution in [-0.2, 0) is 14.9 Å². The van der Waals surface area contributed by atoms with Gasteiger partial charge in [-0.15, -0.1) is 10.2 Å². The second-order valence-corrected chi connectivity index (χ2v) is 7.86. The first-order valence-electron chi connectivity index (χ1n) is 7.70. The van der Waals surface area contributed by atoms with Gasteiger partial charge < -0.3 is 9.15 Å². The van der Waals surface area contributed by atoms with E-state index < -0.39 is 0 Å². The minimum Gasteiger partial charge on any atom is -0.468 e. The van der Waals surface area contributed by atoms with Gasteiger partial charge in [0.05, 0.1) is 7.11 Å². The zero-order valence-corrected chi connectivity index (χ0v) is 13.0. The van der Waals surface area contributed by atoms with Crippen molar-refractivity contribution in [3.63, 3.8) is 0 Å². The molecule has 1 aromatic heterocycles. The summed E-state index contributed by atoms with van der Waals surface area (Å²) in [7, 11) is 1.39. The van der Waals surface area contributed by atoms with E-state index in [1.165, 1.54) is 57.4 Å². The number of hydrogen-bond donors (Lipinski definition) is 0. The van der Waals surface area contributed by atoms with Crippen LogP contribution in [0.15, 0.2) is 9.64 Å². The van der Waals surface area contributed by atoms with Crippen LogP contribution in [0.4, 0.5) is 0 Å². The second kappa shape index (κ2) is 5.00. The largest absolute Gasteiger partial charge is 0.468 e. The van der Waals surface area contributed by atoms with Gasteiger partial charge in [0.2, 0.25) is 5.89 Å². The van der Waals surface area contributed by atoms with E-state index in [1.54, 1.807) is 0 Å². The van der Waals surface area contributed by atoms with Crippen LogP contribution < -0.4 is 0 Å². The maximum atomic E-state index is 11.2. The summed E-state index contributed by atoms with van der Waals surface area (Å²) in [5.74, 6) is 3.33. The van der Waals surface area contributed by atoms with Crippen molar-refractivity contribution in [1.82, 2.24) is 10.2 Å². The third-order valence-electron chi connectivity index (χ3n) is 5.44. The number of carbonyl (C=O) groups excluding carboxylic acids is 1. The molecular formula is C15H20N2O3S. The molecule has 1 aromatic rings. The SMILES string of the molecule is COC(=O)CSc1nnc(C23CC4CC(CC(C4)C2)C3)o1. The number of hydrogen-bond acceptors (Lipinski definition) is 6. The molecule has 4 saturated carbocycles. The van der Waals surface area contributed by atoms with Crippen LogP contribution in [-0.4, -0.2) is 29.0 Å². The van der Waals surface area contributed by atoms with Gasteiger partial charge in [-0.2, -0.15) is 0 Å². The van der Waals surface area contributed by atoms with Gasteiger partial charge in [0.15, 0.2) is 0 Å². The van der Waals surface area contributed by atoms with Crippen molar-refractivity contribution < 1.29 is 13.9 Å². The van der Waals surface area contributed by atoms with Gasteiger partial charge in [0.1, 0.15) is 5.75 Å². The number of aromatic nitrogens is 2. The number of ether oxygens (including phenoxy) is 1. The summed E-state index contributed by atoms with van der Waals surface area (Å²) in [5.41, 5.74) is 0.131. The van der Waals surface area contributed by atoms with E-state index in [1.807, 2.05) is 0 Å². The summed E-state index contributed by atoms with van der Waals surface area (Å²) in [6.45, 7) is 0. The standard InChI is InChI=1S/C15H20N2O3S/c1-19-12(18)8-21-14-17-16-13(20-14)15-5-9-2-10(6-15)4-11(3-9)7-15/h9-11H,2-8H2,1H3. The van der Waals surface area contributed by atoms with Crippen molar-refractivity contribution in [2.45, 2.75) is 49.2 Å². The number of esters is 1. The average molecular weight is 308 g/mol. The summed E-state index contributed by atoms with van der Waals surface area (Å²) in [6, 6.07) is 0. The van der Waals surface area contributed by atoms with Gasteiger partial charge in [-0.25, -0.2) is 0 Å². The molecule has 0 atom stereocenters. The Morgan fingerprint density at radius 3 is 2.43 bits per heavy atom. The second-order valence-electron chi connectivity index (χ2n) is 6.94. The van der Waals surface area contributed by atoms with Crippen LogP contribution in [0.1, 0.15) is 44.4 Å². The first-order chi connectivity index (χ1) is 10.2. The lowest BCUT2D eigenvalue weighted by molar-refractivity contribution is -0.137. The first-order valence-corrected chi connectivity index (χ1v) is 8.69. The van der Waals surface area contributed by atoms with E-state index in [0.29, 0.717) is 5.22 Å². The minimum atomic E-state index is -0.269. The maximum Gasteiger partial charge on any atom is 0.316 e. The molecule has 0 amide bonds. The van der Waals surface area contributed by atoms with Crippen LogP contribution in [0.2, 0.25) is 0 Å². The Bertz CT molecular complexity index is 522. The van der Waals surface area contributed by atoms with Crippen molar-refractivity contribution in [3.8, 4) is 0 Å². The summed E-state index contributed by atoms with van der Waals surface area (Å²) in [5, 5.41) is 8.93. The minimum absolute atomic E-state index is 0.131. The fourth-order valence-corrected chi connectivity index (χ4v) is 5.63. The number of carbonyl (C=O) groups is 1. The van der Waals surface area contributed by atoms with Crippen molar-refractivity contribution >= 4 is 17.7 Å². The molecule has 5 rings (SSSR count). The molecule has 6 heteroatoms. The smallest absolute Gasteiger partial charge is 0.316 e. The van der Waals surface area contributed by atoms with Crippen LogP contribution in [0.3, 0.4) is 0 Å². The average Bonchev–Trinajstić information content (AvgIpc) is 2.93. The van der Waals surface area contributed by atoms with E-state index in [9.17, 15) is 4.79 Å². The quantitative estimate of drug-likeness (QED) is 0.629. The van der Waals surface area contributed by atoms with Crippen molar-refractivity contribution in [2.75, 3.05) is 12.9 Å². The number of nitrogens with zero attached hydrogens (tertiary/aromatic N) is 2. The normalized spacial score (nSPS) is 36.9. The molecule has 4 aliphatic rings. The molecule has 1 heterocycles. The van der Waals surface area contributed by atoms with E-state index in [0.717, 1.165) is 23.6 Å². The Kier molecular flexibility index (Phi) is 3.24. The molecular weight excluding hydrogens is 288 g/mol. The Morgan fingerprint density at radius 2 is 1.86 bits per heavy atom. The molecule has 0 aliphatic heterocycles. The van der Waals surface area contributed by atoms with Crippen LogP contribution in [0.25, 0.3) is 0 Å². The fourth-order valence-electron chi connectivity index (χ4n) is 5.03. The Hall–Kier alpha value is -1.04. The zero-order valence-electron chi connectivity index (χ0n) is 12.2. The topological polar surface area (TPSA) is 65.2 Å². The lowest BCUT2D eigenvalue weighted by atomic mass is 9.49. The molecule has 114 valence electrons. The molecule has 5 nitrogen and oxygen atoms in total. The summed E-state index contributed by atoms with van der Waals surface area (Å²) in [4.78, 5) is 11.2. The predicted octanol–water partition coefficient (Wildman–Crippen LogP) is 2.80. The monoisotopic (exact) mass is 308 g/mol. The van der Waals surface area contributed by atoms with Gasteiger partial charge in [-0.05, 0) is 56.3 Å². The highest BCUT2D eigenvalue weighted by molar-refractivity contribution is 7.99. The fraction of sp³-hybridized carbons (Fsp3) is 0.800. The van der Waals surface area contributed by atoms with E-state index >= 15 is 0 Å². The number of thioether (sulfide) groups is 1. The van der Waals surface area contributed by atoms with E-state index in [2.05, 4.69) is 14.9 Å². The van der Waals surface area contributed by atoms with Crippen LogP contribution >= 0.6 is 11.8 Å². The summed E-state index contributed by atoms with van der Waals surface area (Å²) >= 11 is 1.26. The van der Waals surface area contributed by atoms with Gasteiger partial charge >= 0.3 is 5.97 Å². The number of rotatable bonds is 4. The highest BCUT2D eigenvalue weighted by Gasteiger charge is 2.54. The summed E-state index contributed by atoms with van der Waals surface area (Å²) in [6.07, 6.45) is 7.83. The lowest BCUT2D eigenvalue weighted by Crippen LogP contribution is -2.48. The van der Waals surface area contributed by atoms with Crippen molar-refractivity contribution in [3.05, 3.63) is 5.89 Å². The predicted molar refractivity (Wildman–Crippen MR) is 76.9 cm³/mol. The Balaban J connectivity index is 1.51. The van der Waals surface area contributed by atoms with Gasteiger partial charge in [-0.1, -0.05) is 11.8 Å². The Labute approximate surface area is 128 Å². The van der Waals surface area contributed by atoms with Gasteiger partial charge in [0.25, 0.3) is 5.22 Å². The molecule has 0 aromatic carbocycles. The molecule has 0 saturated heterocycles. The third kappa shape index (κ3) is 2.37. The molecule has 4 aliphatic carbocycles. The summed E-state index contributed by atoms with van der Waals surface area (Å²) < 4.78 is 10.5. The maximum absolute atomic E-state index is 11.2. The van der Waals surface area contributed by atoms with Gasteiger partial charge in [0, 0.05) is 5.41 Å². The Morgan fingerprint density at radius 1 is 1.24 bits per heavy atom. The van der Waals surface area contributed by atoms with Crippen molar-refractivity contribution in [2.24, 2.45) is 17.8 Å². The molecule has 4 bridgehead atoms. The highest BCUT2D eigenvalue weighted by Crippen LogP contribution is 2.60. The zero-order chi connectivity index (χ0) is 14.4. The third-order valence-corrected chi connectivity index (χ3v) is 6.23. The molecule has 0 spiro atoms. The molecule has 0 radical (unpaired) electrons. The van der Waals surface area contributed by atoms with E-state index in [4.69, 9.17) is 4.42 Å².